The molecule has 0 bridgehead atoms. The summed E-state index contributed by atoms with van der Waals surface area (Å²) in [7, 11) is 0. The average molecular weight is 401 g/mol. The third-order valence-electron chi connectivity index (χ3n) is 3.85. The number of morpholine rings is 1. The fourth-order valence-corrected chi connectivity index (χ4v) is 3.27. The molecule has 0 N–H and O–H groups in total. The molecule has 1 heterocycles. The molecule has 1 atom stereocenters. The zero-order valence-corrected chi connectivity index (χ0v) is 15.5. The second-order valence-electron chi connectivity index (χ2n) is 5.64. The van der Waals surface area contributed by atoms with Crippen molar-refractivity contribution in [3.8, 4) is 5.75 Å². The summed E-state index contributed by atoms with van der Waals surface area (Å²) in [5.41, 5.74) is 0.855. The van der Waals surface area contributed by atoms with Crippen LogP contribution < -0.4 is 4.74 Å². The van der Waals surface area contributed by atoms with Gasteiger partial charge in [0.05, 0.1) is 13.2 Å². The van der Waals surface area contributed by atoms with E-state index in [0.29, 0.717) is 40.5 Å². The number of hydrogen-bond acceptors (Lipinski definition) is 3. The molecule has 2 aromatic rings. The molecule has 7 heteroatoms. The van der Waals surface area contributed by atoms with E-state index < -0.39 is 0 Å². The number of amides is 1. The molecule has 2 aromatic carbocycles. The zero-order chi connectivity index (χ0) is 17.8. The lowest BCUT2D eigenvalue weighted by Crippen LogP contribution is -2.44. The van der Waals surface area contributed by atoms with Gasteiger partial charge in [-0.25, -0.2) is 0 Å². The number of carbonyl (C=O) groups is 1. The van der Waals surface area contributed by atoms with E-state index in [1.165, 1.54) is 0 Å². The maximum absolute atomic E-state index is 12.4. The average Bonchev–Trinajstić information content (AvgIpc) is 2.60. The van der Waals surface area contributed by atoms with Gasteiger partial charge in [0.1, 0.15) is 11.9 Å². The lowest BCUT2D eigenvalue weighted by Gasteiger charge is -2.33. The minimum atomic E-state index is -0.260. The van der Waals surface area contributed by atoms with Crippen LogP contribution in [0.2, 0.25) is 15.1 Å². The van der Waals surface area contributed by atoms with Gasteiger partial charge in [0.2, 0.25) is 0 Å². The Balaban J connectivity index is 1.60. The van der Waals surface area contributed by atoms with Gasteiger partial charge in [-0.1, -0.05) is 34.8 Å². The minimum Gasteiger partial charge on any atom is -0.484 e. The number of halogens is 3. The van der Waals surface area contributed by atoms with E-state index >= 15 is 0 Å². The molecule has 1 amide bonds. The van der Waals surface area contributed by atoms with Gasteiger partial charge in [-0.2, -0.15) is 0 Å². The standard InChI is InChI=1S/C18H16Cl3NO3/c19-13-1-3-16(4-2-13)25-11-18(23)22-5-6-24-17(10-22)12-7-14(20)9-15(21)8-12/h1-4,7-9,17H,5-6,10-11H2. The number of hydrogen-bond donors (Lipinski definition) is 0. The van der Waals surface area contributed by atoms with Crippen LogP contribution in [0, 0.1) is 0 Å². The Morgan fingerprint density at radius 3 is 2.44 bits per heavy atom. The summed E-state index contributed by atoms with van der Waals surface area (Å²) < 4.78 is 11.3. The van der Waals surface area contributed by atoms with Crippen LogP contribution in [0.25, 0.3) is 0 Å². The molecule has 1 aliphatic heterocycles. The lowest BCUT2D eigenvalue weighted by atomic mass is 10.1. The van der Waals surface area contributed by atoms with E-state index in [1.54, 1.807) is 47.4 Å². The van der Waals surface area contributed by atoms with Crippen molar-refractivity contribution in [2.75, 3.05) is 26.3 Å². The Kier molecular flexibility index (Phi) is 6.07. The Morgan fingerprint density at radius 2 is 1.76 bits per heavy atom. The summed E-state index contributed by atoms with van der Waals surface area (Å²) in [6.07, 6.45) is -0.260. The maximum Gasteiger partial charge on any atom is 0.260 e. The van der Waals surface area contributed by atoms with Crippen molar-refractivity contribution in [1.29, 1.82) is 0 Å². The Morgan fingerprint density at radius 1 is 1.08 bits per heavy atom. The van der Waals surface area contributed by atoms with Crippen LogP contribution >= 0.6 is 34.8 Å². The quantitative estimate of drug-likeness (QED) is 0.751. The molecule has 1 fully saturated rings. The van der Waals surface area contributed by atoms with Crippen LogP contribution in [0.1, 0.15) is 11.7 Å². The van der Waals surface area contributed by atoms with Crippen LogP contribution in [0.3, 0.4) is 0 Å². The first-order valence-corrected chi connectivity index (χ1v) is 8.88. The Labute approximate surface area is 161 Å². The van der Waals surface area contributed by atoms with Gasteiger partial charge in [0, 0.05) is 21.6 Å². The molecule has 4 nitrogen and oxygen atoms in total. The Bertz CT molecular complexity index is 731. The molecule has 1 aliphatic rings. The normalized spacial score (nSPS) is 17.4. The predicted octanol–water partition coefficient (Wildman–Crippen LogP) is 4.63. The van der Waals surface area contributed by atoms with Crippen molar-refractivity contribution in [2.24, 2.45) is 0 Å². The van der Waals surface area contributed by atoms with Crippen LogP contribution in [0.4, 0.5) is 0 Å². The van der Waals surface area contributed by atoms with E-state index in [4.69, 9.17) is 44.3 Å². The van der Waals surface area contributed by atoms with Crippen LogP contribution in [0.15, 0.2) is 42.5 Å². The molecular formula is C18H16Cl3NO3. The number of carbonyl (C=O) groups excluding carboxylic acids is 1. The highest BCUT2D eigenvalue weighted by Gasteiger charge is 2.26. The van der Waals surface area contributed by atoms with E-state index in [-0.39, 0.29) is 18.6 Å². The molecule has 0 saturated carbocycles. The smallest absolute Gasteiger partial charge is 0.260 e. The topological polar surface area (TPSA) is 38.8 Å². The molecule has 3 rings (SSSR count). The molecule has 132 valence electrons. The third kappa shape index (κ3) is 5.02. The number of ether oxygens (including phenoxy) is 2. The van der Waals surface area contributed by atoms with Crippen LogP contribution in [-0.2, 0) is 9.53 Å². The summed E-state index contributed by atoms with van der Waals surface area (Å²) in [4.78, 5) is 14.1. The highest BCUT2D eigenvalue weighted by molar-refractivity contribution is 6.34. The summed E-state index contributed by atoms with van der Waals surface area (Å²) in [6.45, 7) is 1.36. The summed E-state index contributed by atoms with van der Waals surface area (Å²) in [6, 6.07) is 12.2. The van der Waals surface area contributed by atoms with E-state index in [2.05, 4.69) is 0 Å². The summed E-state index contributed by atoms with van der Waals surface area (Å²) in [5.74, 6) is 0.501. The summed E-state index contributed by atoms with van der Waals surface area (Å²) >= 11 is 17.9. The molecule has 1 saturated heterocycles. The number of benzene rings is 2. The molecule has 0 radical (unpaired) electrons. The van der Waals surface area contributed by atoms with Gasteiger partial charge in [-0.3, -0.25) is 4.79 Å². The van der Waals surface area contributed by atoms with E-state index in [0.717, 1.165) is 5.56 Å². The second-order valence-corrected chi connectivity index (χ2v) is 6.95. The predicted molar refractivity (Wildman–Crippen MR) is 98.7 cm³/mol. The molecule has 0 spiro atoms. The van der Waals surface area contributed by atoms with Crippen molar-refractivity contribution >= 4 is 40.7 Å². The summed E-state index contributed by atoms with van der Waals surface area (Å²) in [5, 5.41) is 1.70. The first-order valence-electron chi connectivity index (χ1n) is 7.75. The Hall–Kier alpha value is -1.46. The van der Waals surface area contributed by atoms with Gasteiger partial charge < -0.3 is 14.4 Å². The van der Waals surface area contributed by atoms with E-state index in [9.17, 15) is 4.79 Å². The monoisotopic (exact) mass is 399 g/mol. The maximum atomic E-state index is 12.4. The first kappa shape index (κ1) is 18.3. The number of nitrogens with zero attached hydrogens (tertiary/aromatic N) is 1. The fraction of sp³-hybridized carbons (Fsp3) is 0.278. The molecular weight excluding hydrogens is 385 g/mol. The van der Waals surface area contributed by atoms with Crippen molar-refractivity contribution < 1.29 is 14.3 Å². The third-order valence-corrected chi connectivity index (χ3v) is 4.54. The number of rotatable bonds is 4. The minimum absolute atomic E-state index is 0.0370. The van der Waals surface area contributed by atoms with Crippen molar-refractivity contribution in [3.05, 3.63) is 63.1 Å². The SMILES string of the molecule is O=C(COc1ccc(Cl)cc1)N1CCOC(c2cc(Cl)cc(Cl)c2)C1. The van der Waals surface area contributed by atoms with Crippen molar-refractivity contribution in [3.63, 3.8) is 0 Å². The van der Waals surface area contributed by atoms with Gasteiger partial charge in [-0.05, 0) is 48.0 Å². The molecule has 25 heavy (non-hydrogen) atoms. The van der Waals surface area contributed by atoms with Crippen molar-refractivity contribution in [1.82, 2.24) is 4.90 Å². The van der Waals surface area contributed by atoms with Gasteiger partial charge in [-0.15, -0.1) is 0 Å². The highest BCUT2D eigenvalue weighted by atomic mass is 35.5. The van der Waals surface area contributed by atoms with Gasteiger partial charge >= 0.3 is 0 Å². The highest BCUT2D eigenvalue weighted by Crippen LogP contribution is 2.28. The van der Waals surface area contributed by atoms with Crippen molar-refractivity contribution in [2.45, 2.75) is 6.10 Å². The van der Waals surface area contributed by atoms with Gasteiger partial charge in [0.15, 0.2) is 6.61 Å². The zero-order valence-electron chi connectivity index (χ0n) is 13.3. The van der Waals surface area contributed by atoms with Gasteiger partial charge in [0.25, 0.3) is 5.91 Å². The first-order chi connectivity index (χ1) is 12.0. The molecule has 0 aliphatic carbocycles. The second kappa shape index (κ2) is 8.28. The molecule has 0 aromatic heterocycles. The van der Waals surface area contributed by atoms with Crippen LogP contribution in [0.5, 0.6) is 5.75 Å². The van der Waals surface area contributed by atoms with Crippen LogP contribution in [-0.4, -0.2) is 37.1 Å². The fourth-order valence-electron chi connectivity index (χ4n) is 2.61. The molecule has 1 unspecified atom stereocenters. The largest absolute Gasteiger partial charge is 0.484 e. The van der Waals surface area contributed by atoms with E-state index in [1.807, 2.05) is 0 Å². The lowest BCUT2D eigenvalue weighted by molar-refractivity contribution is -0.141.